The number of para-hydroxylation sites is 2. The Morgan fingerprint density at radius 3 is 2.33 bits per heavy atom. The average Bonchev–Trinajstić information content (AvgIpc) is 2.63. The summed E-state index contributed by atoms with van der Waals surface area (Å²) in [5.74, 6) is 1.44. The number of morpholine rings is 1. The zero-order chi connectivity index (χ0) is 16.1. The number of methoxy groups -OCH3 is 1. The summed E-state index contributed by atoms with van der Waals surface area (Å²) in [5, 5.41) is 3.39. The van der Waals surface area contributed by atoms with Crippen molar-refractivity contribution < 1.29 is 14.2 Å². The topological polar surface area (TPSA) is 39.7 Å². The minimum atomic E-state index is -0.608. The van der Waals surface area contributed by atoms with E-state index in [-0.39, 0.29) is 18.5 Å². The van der Waals surface area contributed by atoms with Gasteiger partial charge in [-0.2, -0.15) is 0 Å². The molecule has 1 aliphatic heterocycles. The van der Waals surface area contributed by atoms with Crippen LogP contribution in [0.2, 0.25) is 0 Å². The third-order valence-electron chi connectivity index (χ3n) is 4.28. The fourth-order valence-electron chi connectivity index (χ4n) is 2.93. The van der Waals surface area contributed by atoms with E-state index in [0.717, 1.165) is 30.2 Å². The fourth-order valence-corrected chi connectivity index (χ4v) is 2.93. The lowest BCUT2D eigenvalue weighted by Gasteiger charge is -2.40. The lowest BCUT2D eigenvalue weighted by atomic mass is 9.88. The molecule has 0 radical (unpaired) electrons. The summed E-state index contributed by atoms with van der Waals surface area (Å²) < 4.78 is 17.9. The molecule has 130 valence electrons. The van der Waals surface area contributed by atoms with E-state index in [0.29, 0.717) is 6.61 Å². The summed E-state index contributed by atoms with van der Waals surface area (Å²) in [4.78, 5) is 0. The lowest BCUT2D eigenvalue weighted by molar-refractivity contribution is -0.0998. The minimum absolute atomic E-state index is 0. The van der Waals surface area contributed by atoms with Gasteiger partial charge < -0.3 is 19.5 Å². The second-order valence-electron chi connectivity index (χ2n) is 5.79. The maximum absolute atomic E-state index is 6.46. The molecule has 1 saturated heterocycles. The molecule has 1 N–H and O–H groups in total. The first kappa shape index (κ1) is 18.6. The first-order valence-electron chi connectivity index (χ1n) is 7.94. The molecule has 2 aromatic carbocycles. The molecule has 1 aliphatic rings. The van der Waals surface area contributed by atoms with Gasteiger partial charge in [-0.15, -0.1) is 12.4 Å². The van der Waals surface area contributed by atoms with Crippen molar-refractivity contribution in [2.45, 2.75) is 18.6 Å². The van der Waals surface area contributed by atoms with Crippen LogP contribution in [0.3, 0.4) is 0 Å². The predicted octanol–water partition coefficient (Wildman–Crippen LogP) is 3.40. The molecule has 0 saturated carbocycles. The fraction of sp³-hybridized carbons (Fsp3) is 0.368. The van der Waals surface area contributed by atoms with Gasteiger partial charge in [-0.25, -0.2) is 0 Å². The van der Waals surface area contributed by atoms with E-state index in [1.807, 2.05) is 42.5 Å². The van der Waals surface area contributed by atoms with Crippen LogP contribution < -0.4 is 14.8 Å². The van der Waals surface area contributed by atoms with Crippen LogP contribution in [0.4, 0.5) is 0 Å². The molecule has 0 bridgehead atoms. The Balaban J connectivity index is 0.00000208. The van der Waals surface area contributed by atoms with Gasteiger partial charge in [0.25, 0.3) is 0 Å². The lowest BCUT2D eigenvalue weighted by Crippen LogP contribution is -2.52. The number of halogens is 1. The van der Waals surface area contributed by atoms with Crippen molar-refractivity contribution in [3.63, 3.8) is 0 Å². The largest absolute Gasteiger partial charge is 0.493 e. The molecule has 4 nitrogen and oxygen atoms in total. The second kappa shape index (κ2) is 8.38. The van der Waals surface area contributed by atoms with Crippen molar-refractivity contribution in [1.29, 1.82) is 0 Å². The van der Waals surface area contributed by atoms with E-state index in [1.165, 1.54) is 0 Å². The number of hydrogen-bond donors (Lipinski definition) is 1. The van der Waals surface area contributed by atoms with Crippen molar-refractivity contribution >= 4 is 12.4 Å². The van der Waals surface area contributed by atoms with Crippen LogP contribution in [-0.4, -0.2) is 32.9 Å². The van der Waals surface area contributed by atoms with Gasteiger partial charge in [0, 0.05) is 13.1 Å². The first-order chi connectivity index (χ1) is 11.2. The molecule has 0 aromatic heterocycles. The summed E-state index contributed by atoms with van der Waals surface area (Å²) >= 11 is 0. The van der Waals surface area contributed by atoms with Crippen molar-refractivity contribution in [2.24, 2.45) is 0 Å². The van der Waals surface area contributed by atoms with Crippen molar-refractivity contribution in [3.05, 3.63) is 60.2 Å². The summed E-state index contributed by atoms with van der Waals surface area (Å²) in [6.45, 7) is 4.38. The number of rotatable bonds is 5. The number of nitrogens with one attached hydrogen (secondary N) is 1. The molecule has 5 heteroatoms. The molecule has 0 amide bonds. The zero-order valence-corrected chi connectivity index (χ0v) is 14.8. The molecule has 0 aliphatic carbocycles. The van der Waals surface area contributed by atoms with Gasteiger partial charge in [-0.3, -0.25) is 0 Å². The highest BCUT2D eigenvalue weighted by molar-refractivity contribution is 5.85. The Bertz CT molecular complexity index is 632. The van der Waals surface area contributed by atoms with Crippen molar-refractivity contribution in [2.75, 3.05) is 26.8 Å². The number of hydrogen-bond acceptors (Lipinski definition) is 4. The number of benzene rings is 2. The molecular weight excluding hydrogens is 326 g/mol. The highest BCUT2D eigenvalue weighted by Gasteiger charge is 2.40. The summed E-state index contributed by atoms with van der Waals surface area (Å²) in [5.41, 5.74) is 0.475. The van der Waals surface area contributed by atoms with E-state index >= 15 is 0 Å². The molecule has 2 aromatic rings. The van der Waals surface area contributed by atoms with Crippen molar-refractivity contribution in [1.82, 2.24) is 5.32 Å². The maximum Gasteiger partial charge on any atom is 0.162 e. The summed E-state index contributed by atoms with van der Waals surface area (Å²) in [7, 11) is 1.65. The molecule has 1 fully saturated rings. The third-order valence-corrected chi connectivity index (χ3v) is 4.28. The van der Waals surface area contributed by atoms with E-state index in [2.05, 4.69) is 24.4 Å². The average molecular weight is 350 g/mol. The van der Waals surface area contributed by atoms with Gasteiger partial charge >= 0.3 is 0 Å². The molecule has 2 unspecified atom stereocenters. The summed E-state index contributed by atoms with van der Waals surface area (Å²) in [6, 6.07) is 17.9. The number of ether oxygens (including phenoxy) is 3. The van der Waals surface area contributed by atoms with Crippen LogP contribution in [0.5, 0.6) is 11.5 Å². The normalized spacial score (nSPS) is 19.7. The van der Waals surface area contributed by atoms with Crippen LogP contribution >= 0.6 is 12.4 Å². The Morgan fingerprint density at radius 1 is 1.04 bits per heavy atom. The Kier molecular flexibility index (Phi) is 6.49. The minimum Gasteiger partial charge on any atom is -0.493 e. The van der Waals surface area contributed by atoms with Gasteiger partial charge in [0.05, 0.1) is 13.7 Å². The van der Waals surface area contributed by atoms with Crippen LogP contribution in [0.25, 0.3) is 0 Å². The van der Waals surface area contributed by atoms with Gasteiger partial charge in [0.2, 0.25) is 0 Å². The van der Waals surface area contributed by atoms with Crippen LogP contribution in [0.15, 0.2) is 54.6 Å². The van der Waals surface area contributed by atoms with E-state index < -0.39 is 5.60 Å². The van der Waals surface area contributed by atoms with E-state index in [9.17, 15) is 0 Å². The quantitative estimate of drug-likeness (QED) is 0.898. The van der Waals surface area contributed by atoms with Crippen LogP contribution in [-0.2, 0) is 10.3 Å². The molecule has 2 atom stereocenters. The summed E-state index contributed by atoms with van der Waals surface area (Å²) in [6.07, 6.45) is -0.0800. The SMILES string of the molecule is COc1ccccc1OC(C)(c1ccccc1)C1CNCCO1.Cl. The standard InChI is InChI=1S/C19H23NO3.ClH/c1-19(15-8-4-3-5-9-15,18-14-20-12-13-22-18)23-17-11-7-6-10-16(17)21-2;/h3-11,18,20H,12-14H2,1-2H3;1H. The first-order valence-corrected chi connectivity index (χ1v) is 7.94. The maximum atomic E-state index is 6.46. The van der Waals surface area contributed by atoms with Gasteiger partial charge in [0.15, 0.2) is 17.1 Å². The van der Waals surface area contributed by atoms with E-state index in [4.69, 9.17) is 14.2 Å². The van der Waals surface area contributed by atoms with Crippen LogP contribution in [0, 0.1) is 0 Å². The predicted molar refractivity (Wildman–Crippen MR) is 97.3 cm³/mol. The third kappa shape index (κ3) is 3.83. The molecule has 1 heterocycles. The second-order valence-corrected chi connectivity index (χ2v) is 5.79. The van der Waals surface area contributed by atoms with Gasteiger partial charge in [0.1, 0.15) is 6.10 Å². The smallest absolute Gasteiger partial charge is 0.162 e. The van der Waals surface area contributed by atoms with E-state index in [1.54, 1.807) is 7.11 Å². The zero-order valence-electron chi connectivity index (χ0n) is 14.0. The molecular formula is C19H24ClNO3. The molecule has 0 spiro atoms. The van der Waals surface area contributed by atoms with Crippen LogP contribution in [0.1, 0.15) is 12.5 Å². The Morgan fingerprint density at radius 2 is 1.71 bits per heavy atom. The molecule has 24 heavy (non-hydrogen) atoms. The highest BCUT2D eigenvalue weighted by Crippen LogP contribution is 2.37. The Hall–Kier alpha value is -1.75. The van der Waals surface area contributed by atoms with Gasteiger partial charge in [-0.05, 0) is 24.6 Å². The molecule has 3 rings (SSSR count). The monoisotopic (exact) mass is 349 g/mol. The van der Waals surface area contributed by atoms with Gasteiger partial charge in [-0.1, -0.05) is 42.5 Å². The Labute approximate surface area is 149 Å². The highest BCUT2D eigenvalue weighted by atomic mass is 35.5. The van der Waals surface area contributed by atoms with Crippen molar-refractivity contribution in [3.8, 4) is 11.5 Å².